The first-order valence-electron chi connectivity index (χ1n) is 16.1. The van der Waals surface area contributed by atoms with Gasteiger partial charge in [-0.2, -0.15) is 0 Å². The zero-order valence-electron chi connectivity index (χ0n) is 26.0. The molecule has 6 N–H and O–H groups in total. The van der Waals surface area contributed by atoms with Crippen LogP contribution in [0.2, 0.25) is 0 Å². The van der Waals surface area contributed by atoms with Gasteiger partial charge in [0.15, 0.2) is 17.2 Å². The monoisotopic (exact) mass is 603 g/mol. The highest BCUT2D eigenvalue weighted by Gasteiger charge is 2.75. The number of benzene rings is 2. The first-order chi connectivity index (χ1) is 20.7. The highest BCUT2D eigenvalue weighted by atomic mass is 16.4. The Morgan fingerprint density at radius 1 is 1.02 bits per heavy atom. The number of hydrogen-bond acceptors (Lipinski definition) is 7. The Bertz CT molecular complexity index is 1510. The molecular formula is C36H45NO7. The Balaban J connectivity index is 1.45. The van der Waals surface area contributed by atoms with E-state index in [-0.39, 0.29) is 23.7 Å². The average Bonchev–Trinajstić information content (AvgIpc) is 3.44. The summed E-state index contributed by atoms with van der Waals surface area (Å²) in [6, 6.07) is 11.7. The highest BCUT2D eigenvalue weighted by molar-refractivity contribution is 6.09. The second kappa shape index (κ2) is 10.5. The Hall–Kier alpha value is -3.07. The van der Waals surface area contributed by atoms with Crippen LogP contribution in [0.15, 0.2) is 36.4 Å². The Kier molecular flexibility index (Phi) is 7.38. The van der Waals surface area contributed by atoms with Crippen molar-refractivity contribution in [3.05, 3.63) is 53.1 Å². The van der Waals surface area contributed by atoms with E-state index in [1.807, 2.05) is 26.8 Å². The van der Waals surface area contributed by atoms with Crippen LogP contribution < -0.4 is 5.73 Å². The van der Waals surface area contributed by atoms with Crippen molar-refractivity contribution in [3.63, 3.8) is 0 Å². The van der Waals surface area contributed by atoms with Crippen molar-refractivity contribution < 1.29 is 34.8 Å². The Morgan fingerprint density at radius 3 is 2.25 bits per heavy atom. The largest absolute Gasteiger partial charge is 0.507 e. The van der Waals surface area contributed by atoms with Gasteiger partial charge in [0.2, 0.25) is 5.91 Å². The molecule has 0 aromatic heterocycles. The maximum absolute atomic E-state index is 14.4. The lowest BCUT2D eigenvalue weighted by Gasteiger charge is -2.66. The highest BCUT2D eigenvalue weighted by Crippen LogP contribution is 2.66. The number of phenolic OH excluding ortho intramolecular Hbond substituents is 1. The smallest absolute Gasteiger partial charge is 0.230 e. The first kappa shape index (κ1) is 30.9. The molecule has 8 heteroatoms. The second-order valence-corrected chi connectivity index (χ2v) is 15.0. The van der Waals surface area contributed by atoms with Gasteiger partial charge in [-0.15, -0.1) is 0 Å². The van der Waals surface area contributed by atoms with E-state index < -0.39 is 63.9 Å². The van der Waals surface area contributed by atoms with Gasteiger partial charge in [0, 0.05) is 5.41 Å². The number of ketones is 2. The maximum Gasteiger partial charge on any atom is 0.230 e. The molecule has 0 aliphatic heterocycles. The minimum absolute atomic E-state index is 0.0846. The molecule has 8 nitrogen and oxygen atoms in total. The maximum atomic E-state index is 14.4. The van der Waals surface area contributed by atoms with Crippen LogP contribution >= 0.6 is 0 Å². The van der Waals surface area contributed by atoms with E-state index in [4.69, 9.17) is 5.73 Å². The number of primary amides is 1. The van der Waals surface area contributed by atoms with E-state index in [1.54, 1.807) is 6.92 Å². The zero-order chi connectivity index (χ0) is 31.9. The van der Waals surface area contributed by atoms with Gasteiger partial charge in [-0.05, 0) is 70.8 Å². The Labute approximate surface area is 258 Å². The number of aromatic hydroxyl groups is 1. The Morgan fingerprint density at radius 2 is 1.66 bits per heavy atom. The summed E-state index contributed by atoms with van der Waals surface area (Å²) in [5.74, 6) is -6.22. The summed E-state index contributed by atoms with van der Waals surface area (Å²) in [6.07, 6.45) is 3.23. The third-order valence-electron chi connectivity index (χ3n) is 11.9. The first-order valence-corrected chi connectivity index (χ1v) is 16.1. The standard InChI is InChI=1S/C36H45NO7/c1-18(2)27-30(40)26(33(37)43)31(41)36(44)32(42)28-29(39)25-23(16-34(28,3)17-35(27,36)4)22(13-14-24(25)38)21-11-9-20(10-12-21)15-19-7-5-6-8-19/h9-14,18-19,26-28,30,32,38,40,42,44H,5-8,15-17H2,1-4H3,(H2,37,43)/t26-,27+,28-,30?,32?,34-,35-,36+/m1/s1. The van der Waals surface area contributed by atoms with E-state index in [9.17, 15) is 34.8 Å². The van der Waals surface area contributed by atoms with Crippen molar-refractivity contribution in [1.82, 2.24) is 0 Å². The molecule has 0 saturated heterocycles. The molecule has 0 bridgehead atoms. The third kappa shape index (κ3) is 4.24. The summed E-state index contributed by atoms with van der Waals surface area (Å²) < 4.78 is 0. The van der Waals surface area contributed by atoms with Gasteiger partial charge in [0.25, 0.3) is 0 Å². The number of amides is 1. The van der Waals surface area contributed by atoms with Gasteiger partial charge in [0.05, 0.1) is 17.6 Å². The zero-order valence-corrected chi connectivity index (χ0v) is 26.0. The van der Waals surface area contributed by atoms with Crippen LogP contribution in [0.25, 0.3) is 11.1 Å². The van der Waals surface area contributed by atoms with Gasteiger partial charge in [-0.25, -0.2) is 0 Å². The molecule has 3 fully saturated rings. The summed E-state index contributed by atoms with van der Waals surface area (Å²) in [4.78, 5) is 40.6. The predicted molar refractivity (Wildman–Crippen MR) is 165 cm³/mol. The fraction of sp³-hybridized carbons (Fsp3) is 0.583. The average molecular weight is 604 g/mol. The summed E-state index contributed by atoms with van der Waals surface area (Å²) in [7, 11) is 0. The summed E-state index contributed by atoms with van der Waals surface area (Å²) in [5.41, 5.74) is 4.47. The number of fused-ring (bicyclic) bond motifs is 3. The molecule has 0 spiro atoms. The van der Waals surface area contributed by atoms with Crippen LogP contribution in [-0.4, -0.2) is 55.7 Å². The number of carbonyl (C=O) groups is 3. The van der Waals surface area contributed by atoms with Crippen molar-refractivity contribution in [2.75, 3.05) is 0 Å². The fourth-order valence-electron chi connectivity index (χ4n) is 10.2. The lowest BCUT2D eigenvalue weighted by atomic mass is 9.39. The minimum atomic E-state index is -2.51. The topological polar surface area (TPSA) is 158 Å². The van der Waals surface area contributed by atoms with Crippen molar-refractivity contribution in [3.8, 4) is 16.9 Å². The van der Waals surface area contributed by atoms with Gasteiger partial charge < -0.3 is 26.2 Å². The summed E-state index contributed by atoms with van der Waals surface area (Å²) >= 11 is 0. The number of nitrogens with two attached hydrogens (primary N) is 1. The molecule has 3 saturated carbocycles. The molecule has 44 heavy (non-hydrogen) atoms. The van der Waals surface area contributed by atoms with E-state index in [1.165, 1.54) is 37.3 Å². The number of aliphatic hydroxyl groups excluding tert-OH is 2. The van der Waals surface area contributed by atoms with Gasteiger partial charge in [0.1, 0.15) is 17.8 Å². The van der Waals surface area contributed by atoms with Gasteiger partial charge >= 0.3 is 0 Å². The lowest BCUT2D eigenvalue weighted by Crippen LogP contribution is -2.79. The van der Waals surface area contributed by atoms with Crippen LogP contribution in [0.3, 0.4) is 0 Å². The lowest BCUT2D eigenvalue weighted by molar-refractivity contribution is -0.265. The molecule has 4 aliphatic rings. The second-order valence-electron chi connectivity index (χ2n) is 15.0. The van der Waals surface area contributed by atoms with Crippen molar-refractivity contribution in [2.45, 2.75) is 90.4 Å². The molecule has 2 unspecified atom stereocenters. The number of hydrogen-bond donors (Lipinski definition) is 5. The number of phenols is 1. The molecular weight excluding hydrogens is 558 g/mol. The molecule has 4 aliphatic carbocycles. The molecule has 0 heterocycles. The van der Waals surface area contributed by atoms with E-state index in [0.717, 1.165) is 17.5 Å². The number of aliphatic hydroxyl groups is 3. The van der Waals surface area contributed by atoms with Crippen molar-refractivity contribution >= 4 is 17.5 Å². The minimum Gasteiger partial charge on any atom is -0.507 e. The molecule has 8 atom stereocenters. The molecule has 2 aromatic carbocycles. The van der Waals surface area contributed by atoms with Crippen LogP contribution in [0, 0.1) is 40.4 Å². The van der Waals surface area contributed by atoms with Crippen molar-refractivity contribution in [1.29, 1.82) is 0 Å². The fourth-order valence-corrected chi connectivity index (χ4v) is 10.2. The third-order valence-corrected chi connectivity index (χ3v) is 11.9. The van der Waals surface area contributed by atoms with Crippen LogP contribution in [-0.2, 0) is 22.4 Å². The number of carbonyl (C=O) groups excluding carboxylic acids is 3. The summed E-state index contributed by atoms with van der Waals surface area (Å²) in [6.45, 7) is 7.22. The predicted octanol–water partition coefficient (Wildman–Crippen LogP) is 3.97. The van der Waals surface area contributed by atoms with Crippen molar-refractivity contribution in [2.24, 2.45) is 46.2 Å². The molecule has 2 aromatic rings. The SMILES string of the molecule is CC(C)[C@H]1C(O)[C@@H](C(N)=O)C(=O)[C@]2(O)C(O)[C@H]3C(=O)c4c(O)ccc(-c5ccc(CC6CCCC6)cc5)c4C[C@]3(C)C[C@]12C. The van der Waals surface area contributed by atoms with Crippen LogP contribution in [0.4, 0.5) is 0 Å². The van der Waals surface area contributed by atoms with E-state index in [2.05, 4.69) is 24.3 Å². The van der Waals surface area contributed by atoms with E-state index >= 15 is 0 Å². The summed E-state index contributed by atoms with van der Waals surface area (Å²) in [5, 5.41) is 46.6. The molecule has 0 radical (unpaired) electrons. The normalized spacial score (nSPS) is 37.0. The van der Waals surface area contributed by atoms with Gasteiger partial charge in [-0.3, -0.25) is 14.4 Å². The molecule has 236 valence electrons. The number of rotatable bonds is 5. The van der Waals surface area contributed by atoms with Crippen LogP contribution in [0.5, 0.6) is 5.75 Å². The number of Topliss-reactive ketones (excluding diaryl/α,β-unsaturated/α-hetero) is 2. The molecule has 1 amide bonds. The quantitative estimate of drug-likeness (QED) is 0.324. The van der Waals surface area contributed by atoms with Crippen LogP contribution in [0.1, 0.15) is 81.3 Å². The van der Waals surface area contributed by atoms with E-state index in [0.29, 0.717) is 17.9 Å². The van der Waals surface area contributed by atoms with Gasteiger partial charge in [-0.1, -0.05) is 83.7 Å². The molecule has 6 rings (SSSR count).